The molecule has 1 amide bonds. The van der Waals surface area contributed by atoms with Crippen LogP contribution in [0.1, 0.15) is 16.7 Å². The van der Waals surface area contributed by atoms with Crippen molar-refractivity contribution < 1.29 is 9.90 Å². The molecule has 2 rings (SSSR count). The zero-order valence-corrected chi connectivity index (χ0v) is 12.3. The first kappa shape index (κ1) is 15.1. The third-order valence-corrected chi connectivity index (χ3v) is 3.50. The summed E-state index contributed by atoms with van der Waals surface area (Å²) in [4.78, 5) is 12.1. The Kier molecular flexibility index (Phi) is 4.60. The Morgan fingerprint density at radius 2 is 1.81 bits per heavy atom. The van der Waals surface area contributed by atoms with Crippen molar-refractivity contribution in [2.75, 3.05) is 5.32 Å². The fourth-order valence-corrected chi connectivity index (χ4v) is 2.03. The van der Waals surface area contributed by atoms with Crippen LogP contribution in [0.25, 0.3) is 0 Å². The summed E-state index contributed by atoms with van der Waals surface area (Å²) in [7, 11) is 0. The summed E-state index contributed by atoms with van der Waals surface area (Å²) in [6.45, 7) is 4.03. The molecule has 4 heteroatoms. The molecule has 0 heterocycles. The van der Waals surface area contributed by atoms with E-state index in [1.807, 2.05) is 32.0 Å². The van der Waals surface area contributed by atoms with Crippen molar-refractivity contribution in [1.82, 2.24) is 0 Å². The minimum atomic E-state index is -0.629. The van der Waals surface area contributed by atoms with Crippen molar-refractivity contribution in [3.05, 3.63) is 59.2 Å². The van der Waals surface area contributed by atoms with E-state index in [4.69, 9.17) is 5.73 Å². The van der Waals surface area contributed by atoms with E-state index in [1.54, 1.807) is 24.3 Å². The van der Waals surface area contributed by atoms with E-state index in [0.717, 1.165) is 16.8 Å². The van der Waals surface area contributed by atoms with E-state index in [9.17, 15) is 9.90 Å². The molecule has 0 aliphatic rings. The highest BCUT2D eigenvalue weighted by Crippen LogP contribution is 2.15. The first-order chi connectivity index (χ1) is 9.95. The van der Waals surface area contributed by atoms with Gasteiger partial charge in [-0.2, -0.15) is 0 Å². The smallest absolute Gasteiger partial charge is 0.241 e. The van der Waals surface area contributed by atoms with Gasteiger partial charge in [-0.25, -0.2) is 0 Å². The molecule has 0 bridgehead atoms. The lowest BCUT2D eigenvalue weighted by Crippen LogP contribution is -2.37. The summed E-state index contributed by atoms with van der Waals surface area (Å²) < 4.78 is 0. The molecule has 0 aromatic heterocycles. The van der Waals surface area contributed by atoms with E-state index in [0.29, 0.717) is 6.42 Å². The van der Waals surface area contributed by atoms with Crippen LogP contribution >= 0.6 is 0 Å². The fourth-order valence-electron chi connectivity index (χ4n) is 2.03. The van der Waals surface area contributed by atoms with Gasteiger partial charge in [-0.1, -0.05) is 18.2 Å². The molecule has 2 aromatic carbocycles. The van der Waals surface area contributed by atoms with Gasteiger partial charge < -0.3 is 16.2 Å². The molecular weight excluding hydrogens is 264 g/mol. The summed E-state index contributed by atoms with van der Waals surface area (Å²) >= 11 is 0. The number of anilines is 1. The minimum absolute atomic E-state index is 0.201. The van der Waals surface area contributed by atoms with Crippen molar-refractivity contribution in [1.29, 1.82) is 0 Å². The summed E-state index contributed by atoms with van der Waals surface area (Å²) in [6.07, 6.45) is 0.428. The number of rotatable bonds is 4. The number of hydrogen-bond acceptors (Lipinski definition) is 3. The van der Waals surface area contributed by atoms with Crippen molar-refractivity contribution in [3.63, 3.8) is 0 Å². The Balaban J connectivity index is 1.98. The lowest BCUT2D eigenvalue weighted by atomic mass is 10.1. The number of aryl methyl sites for hydroxylation is 2. The average molecular weight is 284 g/mol. The SMILES string of the molecule is Cc1ccc(NC(=O)C(N)Cc2ccc(O)cc2)cc1C. The zero-order valence-electron chi connectivity index (χ0n) is 12.3. The summed E-state index contributed by atoms with van der Waals surface area (Å²) in [5, 5.41) is 12.1. The summed E-state index contributed by atoms with van der Waals surface area (Å²) in [6, 6.07) is 11.8. The number of amides is 1. The number of nitrogens with one attached hydrogen (secondary N) is 1. The molecule has 4 N–H and O–H groups in total. The molecule has 4 nitrogen and oxygen atoms in total. The number of carbonyl (C=O) groups excluding carboxylic acids is 1. The number of phenolic OH excluding ortho intramolecular Hbond substituents is 1. The molecule has 0 aliphatic heterocycles. The molecule has 0 fully saturated rings. The van der Waals surface area contributed by atoms with Crippen molar-refractivity contribution in [2.45, 2.75) is 26.3 Å². The topological polar surface area (TPSA) is 75.4 Å². The lowest BCUT2D eigenvalue weighted by Gasteiger charge is -2.13. The van der Waals surface area contributed by atoms with Crippen LogP contribution in [0, 0.1) is 13.8 Å². The number of aromatic hydroxyl groups is 1. The second kappa shape index (κ2) is 6.41. The largest absolute Gasteiger partial charge is 0.508 e. The Labute approximate surface area is 124 Å². The van der Waals surface area contributed by atoms with Gasteiger partial charge in [0.05, 0.1) is 6.04 Å². The lowest BCUT2D eigenvalue weighted by molar-refractivity contribution is -0.117. The van der Waals surface area contributed by atoms with E-state index >= 15 is 0 Å². The molecule has 0 radical (unpaired) electrons. The van der Waals surface area contributed by atoms with E-state index in [1.165, 1.54) is 5.56 Å². The fraction of sp³-hybridized carbons (Fsp3) is 0.235. The van der Waals surface area contributed by atoms with Crippen LogP contribution in [-0.4, -0.2) is 17.1 Å². The monoisotopic (exact) mass is 284 g/mol. The number of nitrogens with two attached hydrogens (primary N) is 1. The molecule has 0 saturated heterocycles. The first-order valence-electron chi connectivity index (χ1n) is 6.87. The maximum absolute atomic E-state index is 12.1. The molecule has 21 heavy (non-hydrogen) atoms. The minimum Gasteiger partial charge on any atom is -0.508 e. The molecular formula is C17H20N2O2. The second-order valence-corrected chi connectivity index (χ2v) is 5.27. The second-order valence-electron chi connectivity index (χ2n) is 5.27. The third-order valence-electron chi connectivity index (χ3n) is 3.50. The van der Waals surface area contributed by atoms with Gasteiger partial charge in [0.1, 0.15) is 5.75 Å². The van der Waals surface area contributed by atoms with E-state index < -0.39 is 6.04 Å². The Hall–Kier alpha value is -2.33. The van der Waals surface area contributed by atoms with Crippen LogP contribution in [0.4, 0.5) is 5.69 Å². The van der Waals surface area contributed by atoms with Crippen LogP contribution in [0.2, 0.25) is 0 Å². The highest BCUT2D eigenvalue weighted by molar-refractivity contribution is 5.94. The number of benzene rings is 2. The van der Waals surface area contributed by atoms with Gasteiger partial charge in [-0.15, -0.1) is 0 Å². The summed E-state index contributed by atoms with van der Waals surface area (Å²) in [5.41, 5.74) is 9.90. The quantitative estimate of drug-likeness (QED) is 0.807. The van der Waals surface area contributed by atoms with Crippen molar-refractivity contribution >= 4 is 11.6 Å². The Morgan fingerprint density at radius 1 is 1.14 bits per heavy atom. The molecule has 2 aromatic rings. The highest BCUT2D eigenvalue weighted by Gasteiger charge is 2.14. The van der Waals surface area contributed by atoms with E-state index in [-0.39, 0.29) is 11.7 Å². The number of carbonyl (C=O) groups is 1. The maximum atomic E-state index is 12.1. The van der Waals surface area contributed by atoms with Gasteiger partial charge in [0.25, 0.3) is 0 Å². The van der Waals surface area contributed by atoms with Gasteiger partial charge in [-0.3, -0.25) is 4.79 Å². The number of hydrogen-bond donors (Lipinski definition) is 3. The summed E-state index contributed by atoms with van der Waals surface area (Å²) in [5.74, 6) is -0.0155. The first-order valence-corrected chi connectivity index (χ1v) is 6.87. The van der Waals surface area contributed by atoms with Crippen LogP contribution < -0.4 is 11.1 Å². The standard InChI is InChI=1S/C17H20N2O2/c1-11-3-6-14(9-12(11)2)19-17(21)16(18)10-13-4-7-15(20)8-5-13/h3-9,16,20H,10,18H2,1-2H3,(H,19,21). The van der Waals surface area contributed by atoms with Crippen LogP contribution in [-0.2, 0) is 11.2 Å². The average Bonchev–Trinajstić information content (AvgIpc) is 2.45. The Bertz CT molecular complexity index is 636. The van der Waals surface area contributed by atoms with Crippen LogP contribution in [0.3, 0.4) is 0 Å². The van der Waals surface area contributed by atoms with Gasteiger partial charge in [0.15, 0.2) is 0 Å². The predicted molar refractivity (Wildman–Crippen MR) is 84.3 cm³/mol. The van der Waals surface area contributed by atoms with Gasteiger partial charge >= 0.3 is 0 Å². The van der Waals surface area contributed by atoms with Crippen molar-refractivity contribution in [3.8, 4) is 5.75 Å². The van der Waals surface area contributed by atoms with Crippen molar-refractivity contribution in [2.24, 2.45) is 5.73 Å². The maximum Gasteiger partial charge on any atom is 0.241 e. The molecule has 110 valence electrons. The Morgan fingerprint density at radius 3 is 2.43 bits per heavy atom. The molecule has 0 spiro atoms. The van der Waals surface area contributed by atoms with Crippen LogP contribution in [0.15, 0.2) is 42.5 Å². The normalized spacial score (nSPS) is 12.0. The molecule has 1 unspecified atom stereocenters. The zero-order chi connectivity index (χ0) is 15.4. The number of phenols is 1. The molecule has 0 aliphatic carbocycles. The van der Waals surface area contributed by atoms with E-state index in [2.05, 4.69) is 5.32 Å². The molecule has 0 saturated carbocycles. The van der Waals surface area contributed by atoms with Gasteiger partial charge in [0, 0.05) is 5.69 Å². The third kappa shape index (κ3) is 4.07. The predicted octanol–water partition coefficient (Wildman–Crippen LogP) is 2.52. The van der Waals surface area contributed by atoms with Crippen LogP contribution in [0.5, 0.6) is 5.75 Å². The van der Waals surface area contributed by atoms with Gasteiger partial charge in [0.2, 0.25) is 5.91 Å². The molecule has 1 atom stereocenters. The highest BCUT2D eigenvalue weighted by atomic mass is 16.3. The van der Waals surface area contributed by atoms with Gasteiger partial charge in [-0.05, 0) is 61.2 Å².